The van der Waals surface area contributed by atoms with Gasteiger partial charge in [0.25, 0.3) is 0 Å². The van der Waals surface area contributed by atoms with Crippen LogP contribution in [0.1, 0.15) is 34.2 Å². The summed E-state index contributed by atoms with van der Waals surface area (Å²) in [5.41, 5.74) is 4.66. The normalized spacial score (nSPS) is 16.8. The summed E-state index contributed by atoms with van der Waals surface area (Å²) in [6, 6.07) is 18.5. The molecule has 2 heterocycles. The van der Waals surface area contributed by atoms with Gasteiger partial charge in [-0.1, -0.05) is 54.6 Å². The van der Waals surface area contributed by atoms with Crippen molar-refractivity contribution in [3.63, 3.8) is 0 Å². The molecule has 1 aliphatic heterocycles. The number of rotatable bonds is 4. The summed E-state index contributed by atoms with van der Waals surface area (Å²) in [7, 11) is 3.69. The van der Waals surface area contributed by atoms with Gasteiger partial charge in [0, 0.05) is 37.8 Å². The molecule has 0 aliphatic carbocycles. The Labute approximate surface area is 171 Å². The van der Waals surface area contributed by atoms with Crippen LogP contribution in [0.25, 0.3) is 0 Å². The van der Waals surface area contributed by atoms with E-state index >= 15 is 0 Å². The third kappa shape index (κ3) is 3.81. The van der Waals surface area contributed by atoms with E-state index in [9.17, 15) is 4.79 Å². The second-order valence-electron chi connectivity index (χ2n) is 7.05. The SMILES string of the molecule is CNC(C(=O)N1Cc2ccccc2C(c2ccccc2)C1)c1cnn(C)c1.Cl. The van der Waals surface area contributed by atoms with Crippen LogP contribution >= 0.6 is 12.4 Å². The van der Waals surface area contributed by atoms with E-state index in [2.05, 4.69) is 52.9 Å². The third-order valence-electron chi connectivity index (χ3n) is 5.30. The van der Waals surface area contributed by atoms with Crippen molar-refractivity contribution in [2.75, 3.05) is 13.6 Å². The number of likely N-dealkylation sites (N-methyl/N-ethyl adjacent to an activating group) is 1. The molecule has 1 aromatic heterocycles. The second kappa shape index (κ2) is 8.59. The lowest BCUT2D eigenvalue weighted by molar-refractivity contribution is -0.134. The quantitative estimate of drug-likeness (QED) is 0.736. The molecular weight excluding hydrogens is 372 g/mol. The van der Waals surface area contributed by atoms with Crippen LogP contribution in [0.4, 0.5) is 0 Å². The minimum Gasteiger partial charge on any atom is -0.336 e. The number of nitrogens with zero attached hydrogens (tertiary/aromatic N) is 3. The number of hydrogen-bond donors (Lipinski definition) is 1. The van der Waals surface area contributed by atoms with E-state index in [1.807, 2.05) is 37.3 Å². The minimum atomic E-state index is -0.389. The maximum absolute atomic E-state index is 13.4. The fourth-order valence-corrected chi connectivity index (χ4v) is 3.95. The van der Waals surface area contributed by atoms with E-state index in [1.165, 1.54) is 16.7 Å². The van der Waals surface area contributed by atoms with Gasteiger partial charge in [0.1, 0.15) is 6.04 Å². The Morgan fingerprint density at radius 2 is 1.86 bits per heavy atom. The summed E-state index contributed by atoms with van der Waals surface area (Å²) in [5, 5.41) is 7.38. The van der Waals surface area contributed by atoms with E-state index in [-0.39, 0.29) is 30.3 Å². The summed E-state index contributed by atoms with van der Waals surface area (Å²) >= 11 is 0. The van der Waals surface area contributed by atoms with Gasteiger partial charge < -0.3 is 10.2 Å². The van der Waals surface area contributed by atoms with Gasteiger partial charge >= 0.3 is 0 Å². The summed E-state index contributed by atoms with van der Waals surface area (Å²) in [6.45, 7) is 1.31. The van der Waals surface area contributed by atoms with Gasteiger partial charge in [-0.05, 0) is 23.7 Å². The summed E-state index contributed by atoms with van der Waals surface area (Å²) < 4.78 is 1.73. The molecule has 2 unspecified atom stereocenters. The molecule has 1 N–H and O–H groups in total. The molecule has 4 rings (SSSR count). The number of hydrogen-bond acceptors (Lipinski definition) is 3. The predicted octanol–water partition coefficient (Wildman–Crippen LogP) is 3.28. The van der Waals surface area contributed by atoms with Crippen LogP contribution in [0.3, 0.4) is 0 Å². The first-order valence-corrected chi connectivity index (χ1v) is 9.24. The van der Waals surface area contributed by atoms with Crippen molar-refractivity contribution in [3.05, 3.63) is 89.2 Å². The standard InChI is InChI=1S/C22H24N4O.ClH/c1-23-21(18-12-24-25(2)13-18)22(27)26-14-17-10-6-7-11-19(17)20(15-26)16-8-4-3-5-9-16;/h3-13,20-21,23H,14-15H2,1-2H3;1H. The number of aromatic nitrogens is 2. The first-order valence-electron chi connectivity index (χ1n) is 9.24. The Hall–Kier alpha value is -2.63. The highest BCUT2D eigenvalue weighted by Crippen LogP contribution is 2.34. The van der Waals surface area contributed by atoms with Crippen LogP contribution in [-0.2, 0) is 18.4 Å². The molecule has 0 spiro atoms. The topological polar surface area (TPSA) is 50.2 Å². The Morgan fingerprint density at radius 1 is 1.14 bits per heavy atom. The molecule has 3 aromatic rings. The van der Waals surface area contributed by atoms with Gasteiger partial charge in [-0.3, -0.25) is 9.48 Å². The largest absolute Gasteiger partial charge is 0.336 e. The van der Waals surface area contributed by atoms with Crippen LogP contribution in [0.15, 0.2) is 67.0 Å². The van der Waals surface area contributed by atoms with Gasteiger partial charge in [-0.25, -0.2) is 0 Å². The van der Waals surface area contributed by atoms with Gasteiger partial charge in [0.05, 0.1) is 6.20 Å². The van der Waals surface area contributed by atoms with Crippen LogP contribution < -0.4 is 5.32 Å². The summed E-state index contributed by atoms with van der Waals surface area (Å²) in [6.07, 6.45) is 3.65. The molecule has 2 atom stereocenters. The average Bonchev–Trinajstić information content (AvgIpc) is 3.14. The molecule has 2 aromatic carbocycles. The van der Waals surface area contributed by atoms with Crippen molar-refractivity contribution < 1.29 is 4.79 Å². The molecule has 0 bridgehead atoms. The van der Waals surface area contributed by atoms with Crippen molar-refractivity contribution in [1.29, 1.82) is 0 Å². The highest BCUT2D eigenvalue weighted by atomic mass is 35.5. The smallest absolute Gasteiger partial charge is 0.244 e. The first-order chi connectivity index (χ1) is 13.2. The van der Waals surface area contributed by atoms with Crippen molar-refractivity contribution >= 4 is 18.3 Å². The van der Waals surface area contributed by atoms with Crippen LogP contribution in [0.5, 0.6) is 0 Å². The van der Waals surface area contributed by atoms with Crippen LogP contribution in [-0.4, -0.2) is 34.2 Å². The van der Waals surface area contributed by atoms with Crippen LogP contribution in [0, 0.1) is 0 Å². The number of fused-ring (bicyclic) bond motifs is 1. The number of benzene rings is 2. The number of amides is 1. The maximum atomic E-state index is 13.4. The fraction of sp³-hybridized carbons (Fsp3) is 0.273. The van der Waals surface area contributed by atoms with E-state index < -0.39 is 0 Å². The number of halogens is 1. The molecule has 146 valence electrons. The highest BCUT2D eigenvalue weighted by Gasteiger charge is 2.32. The van der Waals surface area contributed by atoms with E-state index in [0.717, 1.165) is 5.56 Å². The van der Waals surface area contributed by atoms with Gasteiger partial charge in [-0.2, -0.15) is 5.10 Å². The Morgan fingerprint density at radius 3 is 2.54 bits per heavy atom. The van der Waals surface area contributed by atoms with E-state index in [0.29, 0.717) is 13.1 Å². The van der Waals surface area contributed by atoms with E-state index in [4.69, 9.17) is 0 Å². The molecule has 1 aliphatic rings. The van der Waals surface area contributed by atoms with Gasteiger partial charge in [-0.15, -0.1) is 12.4 Å². The first kappa shape index (κ1) is 20.1. The molecule has 6 heteroatoms. The van der Waals surface area contributed by atoms with Crippen molar-refractivity contribution in [2.45, 2.75) is 18.5 Å². The zero-order valence-electron chi connectivity index (χ0n) is 16.1. The predicted molar refractivity (Wildman–Crippen MR) is 112 cm³/mol. The minimum absolute atomic E-state index is 0. The second-order valence-corrected chi connectivity index (χ2v) is 7.05. The lowest BCUT2D eigenvalue weighted by Gasteiger charge is -2.36. The molecular formula is C22H25ClN4O. The number of carbonyl (C=O) groups is 1. The molecule has 0 saturated heterocycles. The van der Waals surface area contributed by atoms with Crippen LogP contribution in [0.2, 0.25) is 0 Å². The molecule has 0 radical (unpaired) electrons. The Balaban J connectivity index is 0.00000225. The lowest BCUT2D eigenvalue weighted by Crippen LogP contribution is -2.44. The third-order valence-corrected chi connectivity index (χ3v) is 5.30. The monoisotopic (exact) mass is 396 g/mol. The highest BCUT2D eigenvalue weighted by molar-refractivity contribution is 5.85. The molecule has 0 fully saturated rings. The average molecular weight is 397 g/mol. The summed E-state index contributed by atoms with van der Waals surface area (Å²) in [4.78, 5) is 15.3. The molecule has 0 saturated carbocycles. The maximum Gasteiger partial charge on any atom is 0.244 e. The van der Waals surface area contributed by atoms with E-state index in [1.54, 1.807) is 10.9 Å². The number of carbonyl (C=O) groups excluding carboxylic acids is 1. The molecule has 1 amide bonds. The number of nitrogens with one attached hydrogen (secondary N) is 1. The fourth-order valence-electron chi connectivity index (χ4n) is 3.95. The molecule has 5 nitrogen and oxygen atoms in total. The Kier molecular flexibility index (Phi) is 6.17. The van der Waals surface area contributed by atoms with Crippen molar-refractivity contribution in [1.82, 2.24) is 20.0 Å². The summed E-state index contributed by atoms with van der Waals surface area (Å²) in [5.74, 6) is 0.271. The molecule has 28 heavy (non-hydrogen) atoms. The zero-order valence-corrected chi connectivity index (χ0v) is 16.9. The van der Waals surface area contributed by atoms with Gasteiger partial charge in [0.15, 0.2) is 0 Å². The van der Waals surface area contributed by atoms with Crippen molar-refractivity contribution in [2.24, 2.45) is 7.05 Å². The van der Waals surface area contributed by atoms with Crippen molar-refractivity contribution in [3.8, 4) is 0 Å². The zero-order chi connectivity index (χ0) is 18.8. The Bertz CT molecular complexity index is 940. The number of aryl methyl sites for hydroxylation is 1. The van der Waals surface area contributed by atoms with Gasteiger partial charge in [0.2, 0.25) is 5.91 Å². The lowest BCUT2D eigenvalue weighted by atomic mass is 9.84.